The molecule has 0 unspecified atom stereocenters. The first-order valence-corrected chi connectivity index (χ1v) is 10.8. The van der Waals surface area contributed by atoms with Gasteiger partial charge in [-0.05, 0) is 71.0 Å². The van der Waals surface area contributed by atoms with Crippen LogP contribution in [0, 0.1) is 4.77 Å². The number of aromatic nitrogens is 2. The zero-order valence-electron chi connectivity index (χ0n) is 17.0. The number of aromatic amines is 1. The number of fused-ring (bicyclic) bond motifs is 1. The average Bonchev–Trinajstić information content (AvgIpc) is 2.95. The summed E-state index contributed by atoms with van der Waals surface area (Å²) in [5.74, 6) is 1.22. The number of H-pyrrole nitrogens is 1. The van der Waals surface area contributed by atoms with E-state index >= 15 is 0 Å². The highest BCUT2D eigenvalue weighted by Gasteiger charge is 2.13. The van der Waals surface area contributed by atoms with E-state index in [2.05, 4.69) is 9.88 Å². The lowest BCUT2D eigenvalue weighted by molar-refractivity contribution is 0.275. The summed E-state index contributed by atoms with van der Waals surface area (Å²) < 4.78 is 13.5. The number of likely N-dealkylation sites (tertiary alicyclic amines) is 1. The van der Waals surface area contributed by atoms with Crippen LogP contribution < -0.4 is 15.0 Å². The molecule has 1 aliphatic heterocycles. The van der Waals surface area contributed by atoms with Crippen LogP contribution in [0.25, 0.3) is 10.9 Å². The number of hydrogen-bond donors (Lipinski definition) is 1. The first-order valence-electron chi connectivity index (χ1n) is 10.4. The fraction of sp³-hybridized carbons (Fsp3) is 0.619. The van der Waals surface area contributed by atoms with Gasteiger partial charge in [0, 0.05) is 12.6 Å². The Morgan fingerprint density at radius 2 is 1.64 bits per heavy atom. The number of nitrogens with one attached hydrogen (secondary N) is 1. The molecule has 1 aliphatic rings. The molecule has 0 atom stereocenters. The summed E-state index contributed by atoms with van der Waals surface area (Å²) in [5, 5.41) is 0.579. The van der Waals surface area contributed by atoms with Crippen molar-refractivity contribution < 1.29 is 9.47 Å². The molecule has 0 aliphatic carbocycles. The van der Waals surface area contributed by atoms with E-state index in [1.54, 1.807) is 10.6 Å². The molecule has 0 bridgehead atoms. The quantitative estimate of drug-likeness (QED) is 0.670. The van der Waals surface area contributed by atoms with Gasteiger partial charge in [-0.25, -0.2) is 0 Å². The molecule has 1 N–H and O–H groups in total. The fourth-order valence-corrected chi connectivity index (χ4v) is 4.10. The molecular weight excluding hydrogens is 374 g/mol. The van der Waals surface area contributed by atoms with Crippen LogP contribution in [0.1, 0.15) is 46.0 Å². The fourth-order valence-electron chi connectivity index (χ4n) is 3.81. The summed E-state index contributed by atoms with van der Waals surface area (Å²) in [5.41, 5.74) is 0.615. The van der Waals surface area contributed by atoms with E-state index in [9.17, 15) is 4.79 Å². The van der Waals surface area contributed by atoms with Crippen molar-refractivity contribution in [3.8, 4) is 11.5 Å². The third-order valence-electron chi connectivity index (χ3n) is 5.20. The van der Waals surface area contributed by atoms with Crippen LogP contribution in [0.3, 0.4) is 0 Å². The van der Waals surface area contributed by atoms with Gasteiger partial charge in [0.05, 0.1) is 24.1 Å². The summed E-state index contributed by atoms with van der Waals surface area (Å²) >= 11 is 5.47. The van der Waals surface area contributed by atoms with Crippen molar-refractivity contribution in [1.29, 1.82) is 0 Å². The molecule has 154 valence electrons. The van der Waals surface area contributed by atoms with Crippen LogP contribution in [0.15, 0.2) is 16.9 Å². The Labute approximate surface area is 171 Å². The molecule has 28 heavy (non-hydrogen) atoms. The molecule has 0 spiro atoms. The first kappa shape index (κ1) is 20.9. The lowest BCUT2D eigenvalue weighted by Gasteiger charge is -2.19. The molecule has 1 saturated heterocycles. The van der Waals surface area contributed by atoms with E-state index < -0.39 is 0 Å². The van der Waals surface area contributed by atoms with Crippen LogP contribution in [0.2, 0.25) is 0 Å². The topological polar surface area (TPSA) is 59.5 Å². The minimum absolute atomic E-state index is 0.0707. The number of ether oxygens (including phenoxy) is 2. The lowest BCUT2D eigenvalue weighted by atomic mass is 10.2. The Morgan fingerprint density at radius 1 is 1.00 bits per heavy atom. The molecule has 2 aromatic rings. The molecular formula is C21H31N3O3S. The van der Waals surface area contributed by atoms with Crippen LogP contribution in [0.5, 0.6) is 11.5 Å². The molecule has 0 radical (unpaired) electrons. The van der Waals surface area contributed by atoms with Gasteiger partial charge < -0.3 is 19.4 Å². The van der Waals surface area contributed by atoms with Crippen molar-refractivity contribution in [2.75, 3.05) is 32.8 Å². The van der Waals surface area contributed by atoms with E-state index in [1.165, 1.54) is 25.7 Å². The van der Waals surface area contributed by atoms with Gasteiger partial charge in [-0.15, -0.1) is 0 Å². The number of hydrogen-bond acceptors (Lipinski definition) is 5. The summed E-state index contributed by atoms with van der Waals surface area (Å²) in [7, 11) is 0. The lowest BCUT2D eigenvalue weighted by Crippen LogP contribution is -2.28. The Hall–Kier alpha value is -1.86. The molecule has 1 fully saturated rings. The van der Waals surface area contributed by atoms with Gasteiger partial charge in [0.2, 0.25) is 0 Å². The predicted molar refractivity (Wildman–Crippen MR) is 115 cm³/mol. The summed E-state index contributed by atoms with van der Waals surface area (Å²) in [6.07, 6.45) is 6.13. The molecule has 3 rings (SSSR count). The van der Waals surface area contributed by atoms with Gasteiger partial charge in [0.25, 0.3) is 5.56 Å². The number of benzene rings is 1. The second-order valence-electron chi connectivity index (χ2n) is 7.21. The van der Waals surface area contributed by atoms with Gasteiger partial charge in [-0.1, -0.05) is 12.8 Å². The maximum atomic E-state index is 13.1. The second kappa shape index (κ2) is 10.1. The average molecular weight is 406 g/mol. The van der Waals surface area contributed by atoms with E-state index in [4.69, 9.17) is 21.7 Å². The largest absolute Gasteiger partial charge is 0.490 e. The molecule has 0 saturated carbocycles. The van der Waals surface area contributed by atoms with Crippen molar-refractivity contribution in [1.82, 2.24) is 14.5 Å². The monoisotopic (exact) mass is 405 g/mol. The third kappa shape index (κ3) is 4.94. The number of nitrogens with zero attached hydrogens (tertiary/aromatic N) is 2. The molecule has 2 heterocycles. The van der Waals surface area contributed by atoms with Crippen molar-refractivity contribution in [2.45, 2.75) is 52.5 Å². The maximum absolute atomic E-state index is 13.1. The highest BCUT2D eigenvalue weighted by Crippen LogP contribution is 2.30. The minimum Gasteiger partial charge on any atom is -0.490 e. The van der Waals surface area contributed by atoms with Crippen molar-refractivity contribution in [2.24, 2.45) is 0 Å². The highest BCUT2D eigenvalue weighted by molar-refractivity contribution is 7.71. The molecule has 7 heteroatoms. The van der Waals surface area contributed by atoms with E-state index in [1.807, 2.05) is 19.9 Å². The Bertz CT molecular complexity index is 898. The van der Waals surface area contributed by atoms with Crippen LogP contribution >= 0.6 is 12.2 Å². The van der Waals surface area contributed by atoms with Gasteiger partial charge in [0.1, 0.15) is 0 Å². The SMILES string of the molecule is CCOc1cc2[nH]c(=S)n(CCCN3CCCCCC3)c(=O)c2cc1OCC. The standard InChI is InChI=1S/C21H31N3O3S/c1-3-26-18-14-16-17(15-19(18)27-4-2)22-21(28)24(20(16)25)13-9-12-23-10-7-5-6-8-11-23/h14-15H,3-13H2,1-2H3,(H,22,28). The molecule has 6 nitrogen and oxygen atoms in total. The van der Waals surface area contributed by atoms with E-state index in [0.717, 1.165) is 26.1 Å². The maximum Gasteiger partial charge on any atom is 0.262 e. The Kier molecular flexibility index (Phi) is 7.50. The summed E-state index contributed by atoms with van der Waals surface area (Å²) in [6.45, 7) is 8.83. The van der Waals surface area contributed by atoms with Crippen LogP contribution in [-0.2, 0) is 6.54 Å². The smallest absolute Gasteiger partial charge is 0.262 e. The van der Waals surface area contributed by atoms with Gasteiger partial charge >= 0.3 is 0 Å². The Morgan fingerprint density at radius 3 is 2.29 bits per heavy atom. The zero-order valence-corrected chi connectivity index (χ0v) is 17.8. The highest BCUT2D eigenvalue weighted by atomic mass is 32.1. The molecule has 1 aromatic heterocycles. The predicted octanol–water partition coefficient (Wildman–Crippen LogP) is 4.12. The van der Waals surface area contributed by atoms with Crippen LogP contribution in [-0.4, -0.2) is 47.3 Å². The van der Waals surface area contributed by atoms with Gasteiger partial charge in [0.15, 0.2) is 16.3 Å². The summed E-state index contributed by atoms with van der Waals surface area (Å²) in [6, 6.07) is 3.57. The third-order valence-corrected chi connectivity index (χ3v) is 5.52. The summed E-state index contributed by atoms with van der Waals surface area (Å²) in [4.78, 5) is 18.8. The number of rotatable bonds is 8. The zero-order chi connectivity index (χ0) is 19.9. The second-order valence-corrected chi connectivity index (χ2v) is 7.59. The Balaban J connectivity index is 1.83. The van der Waals surface area contributed by atoms with Crippen molar-refractivity contribution in [3.63, 3.8) is 0 Å². The van der Waals surface area contributed by atoms with Crippen molar-refractivity contribution >= 4 is 23.1 Å². The molecule has 1 aromatic carbocycles. The molecule has 0 amide bonds. The van der Waals surface area contributed by atoms with Crippen molar-refractivity contribution in [3.05, 3.63) is 27.3 Å². The minimum atomic E-state index is -0.0707. The van der Waals surface area contributed by atoms with E-state index in [-0.39, 0.29) is 5.56 Å². The first-order chi connectivity index (χ1) is 13.6. The van der Waals surface area contributed by atoms with Gasteiger partial charge in [-0.2, -0.15) is 0 Å². The van der Waals surface area contributed by atoms with Gasteiger partial charge in [-0.3, -0.25) is 9.36 Å². The van der Waals surface area contributed by atoms with E-state index in [0.29, 0.717) is 46.9 Å². The van der Waals surface area contributed by atoms with Crippen LogP contribution in [0.4, 0.5) is 0 Å². The normalized spacial score (nSPS) is 15.5.